The van der Waals surface area contributed by atoms with Crippen LogP contribution < -0.4 is 10.6 Å². The van der Waals surface area contributed by atoms with Gasteiger partial charge in [0, 0.05) is 71.5 Å². The molecule has 1 saturated heterocycles. The van der Waals surface area contributed by atoms with Crippen molar-refractivity contribution in [3.63, 3.8) is 0 Å². The Morgan fingerprint density at radius 1 is 0.967 bits per heavy atom. The van der Waals surface area contributed by atoms with E-state index in [9.17, 15) is 0 Å². The molecule has 1 aliphatic rings. The van der Waals surface area contributed by atoms with Crippen LogP contribution in [0.3, 0.4) is 0 Å². The quantitative estimate of drug-likeness (QED) is 0.349. The van der Waals surface area contributed by atoms with Crippen LogP contribution in [0.2, 0.25) is 0 Å². The zero-order chi connectivity index (χ0) is 21.9. The van der Waals surface area contributed by atoms with E-state index < -0.39 is 0 Å². The predicted molar refractivity (Wildman–Crippen MR) is 129 cm³/mol. The minimum atomic E-state index is 0.585. The summed E-state index contributed by atoms with van der Waals surface area (Å²) in [5.74, 6) is 0.872. The lowest BCUT2D eigenvalue weighted by Crippen LogP contribution is -2.43. The molecule has 6 nitrogen and oxygen atoms in total. The fourth-order valence-corrected chi connectivity index (χ4v) is 4.01. The number of rotatable bonds is 10. The third kappa shape index (κ3) is 8.62. The molecule has 0 saturated carbocycles. The number of nitrogens with zero attached hydrogens (tertiary/aromatic N) is 4. The molecule has 0 atom stereocenters. The van der Waals surface area contributed by atoms with Gasteiger partial charge in [0.1, 0.15) is 0 Å². The van der Waals surface area contributed by atoms with E-state index in [1.165, 1.54) is 24.2 Å². The van der Waals surface area contributed by atoms with Gasteiger partial charge in [-0.1, -0.05) is 24.3 Å². The van der Waals surface area contributed by atoms with E-state index in [4.69, 9.17) is 0 Å². The fraction of sp³-hybridized carbons (Fsp3) is 0.708. The highest BCUT2D eigenvalue weighted by Crippen LogP contribution is 2.10. The number of piperazine rings is 1. The van der Waals surface area contributed by atoms with Crippen molar-refractivity contribution in [3.8, 4) is 0 Å². The van der Waals surface area contributed by atoms with Gasteiger partial charge in [0.05, 0.1) is 0 Å². The second kappa shape index (κ2) is 12.9. The largest absolute Gasteiger partial charge is 0.356 e. The summed E-state index contributed by atoms with van der Waals surface area (Å²) < 4.78 is 0. The summed E-state index contributed by atoms with van der Waals surface area (Å²) >= 11 is 0. The third-order valence-corrected chi connectivity index (χ3v) is 5.92. The van der Waals surface area contributed by atoms with Gasteiger partial charge in [0.15, 0.2) is 5.96 Å². The van der Waals surface area contributed by atoms with Crippen LogP contribution in [0, 0.1) is 0 Å². The molecule has 2 rings (SSSR count). The van der Waals surface area contributed by atoms with Crippen molar-refractivity contribution in [2.45, 2.75) is 59.3 Å². The fourth-order valence-electron chi connectivity index (χ4n) is 4.01. The first-order chi connectivity index (χ1) is 14.4. The number of likely N-dealkylation sites (N-methyl/N-ethyl adjacent to an activating group) is 1. The number of nitrogens with one attached hydrogen (secondary N) is 2. The molecule has 1 aromatic carbocycles. The number of hydrogen-bond donors (Lipinski definition) is 2. The summed E-state index contributed by atoms with van der Waals surface area (Å²) in [6.45, 7) is 17.6. The standard InChI is InChI=1S/C24H44N6/c1-20(2)30(21(3)4)13-7-12-26-24(25-5)27-18-22-8-10-23(11-9-22)19-29-16-14-28(6)15-17-29/h8-11,20-21H,7,12-19H2,1-6H3,(H2,25,26,27). The molecule has 1 heterocycles. The Morgan fingerprint density at radius 2 is 1.57 bits per heavy atom. The summed E-state index contributed by atoms with van der Waals surface area (Å²) in [6.07, 6.45) is 1.11. The van der Waals surface area contributed by atoms with Gasteiger partial charge in [-0.05, 0) is 52.3 Å². The normalized spacial score (nSPS) is 16.6. The van der Waals surface area contributed by atoms with Gasteiger partial charge in [-0.2, -0.15) is 0 Å². The summed E-state index contributed by atoms with van der Waals surface area (Å²) in [5, 5.41) is 6.88. The molecule has 0 aliphatic carbocycles. The van der Waals surface area contributed by atoms with Crippen LogP contribution >= 0.6 is 0 Å². The SMILES string of the molecule is CN=C(NCCCN(C(C)C)C(C)C)NCc1ccc(CN2CCN(C)CC2)cc1. The first-order valence-corrected chi connectivity index (χ1v) is 11.6. The van der Waals surface area contributed by atoms with E-state index in [-0.39, 0.29) is 0 Å². The van der Waals surface area contributed by atoms with Crippen LogP contribution in [0.15, 0.2) is 29.3 Å². The Kier molecular flexibility index (Phi) is 10.6. The Balaban J connectivity index is 1.69. The average Bonchev–Trinajstić information content (AvgIpc) is 2.72. The van der Waals surface area contributed by atoms with Gasteiger partial charge in [-0.15, -0.1) is 0 Å². The van der Waals surface area contributed by atoms with Crippen LogP contribution in [0.25, 0.3) is 0 Å². The number of hydrogen-bond acceptors (Lipinski definition) is 4. The molecule has 0 amide bonds. The first-order valence-electron chi connectivity index (χ1n) is 11.6. The van der Waals surface area contributed by atoms with E-state index in [1.807, 2.05) is 7.05 Å². The van der Waals surface area contributed by atoms with Crippen LogP contribution in [0.1, 0.15) is 45.2 Å². The van der Waals surface area contributed by atoms with Gasteiger partial charge < -0.3 is 15.5 Å². The third-order valence-electron chi connectivity index (χ3n) is 5.92. The molecule has 0 aromatic heterocycles. The monoisotopic (exact) mass is 416 g/mol. The van der Waals surface area contributed by atoms with E-state index in [0.29, 0.717) is 12.1 Å². The van der Waals surface area contributed by atoms with Crippen LogP contribution in [0.5, 0.6) is 0 Å². The summed E-state index contributed by atoms with van der Waals surface area (Å²) in [5.41, 5.74) is 2.68. The van der Waals surface area contributed by atoms with Crippen molar-refractivity contribution < 1.29 is 0 Å². The number of aliphatic imine (C=N–C) groups is 1. The lowest BCUT2D eigenvalue weighted by Gasteiger charge is -2.32. The number of guanidine groups is 1. The van der Waals surface area contributed by atoms with Crippen molar-refractivity contribution in [1.29, 1.82) is 0 Å². The Bertz CT molecular complexity index is 609. The molecule has 30 heavy (non-hydrogen) atoms. The van der Waals surface area contributed by atoms with Crippen molar-refractivity contribution in [2.75, 3.05) is 53.4 Å². The second-order valence-electron chi connectivity index (χ2n) is 9.03. The zero-order valence-corrected chi connectivity index (χ0v) is 20.1. The summed E-state index contributed by atoms with van der Waals surface area (Å²) in [6, 6.07) is 10.2. The van der Waals surface area contributed by atoms with Crippen LogP contribution in [0.4, 0.5) is 0 Å². The van der Waals surface area contributed by atoms with Crippen molar-refractivity contribution >= 4 is 5.96 Å². The number of benzene rings is 1. The van der Waals surface area contributed by atoms with E-state index >= 15 is 0 Å². The van der Waals surface area contributed by atoms with Crippen molar-refractivity contribution in [2.24, 2.45) is 4.99 Å². The molecule has 0 bridgehead atoms. The maximum absolute atomic E-state index is 4.36. The maximum atomic E-state index is 4.36. The van der Waals surface area contributed by atoms with Crippen molar-refractivity contribution in [3.05, 3.63) is 35.4 Å². The molecule has 0 spiro atoms. The van der Waals surface area contributed by atoms with Crippen molar-refractivity contribution in [1.82, 2.24) is 25.3 Å². The molecule has 1 aromatic rings. The second-order valence-corrected chi connectivity index (χ2v) is 9.03. The molecule has 1 fully saturated rings. The van der Waals surface area contributed by atoms with E-state index in [0.717, 1.165) is 51.6 Å². The molecule has 0 radical (unpaired) electrons. The first kappa shape index (κ1) is 24.6. The lowest BCUT2D eigenvalue weighted by molar-refractivity contribution is 0.148. The Labute approximate surface area is 184 Å². The topological polar surface area (TPSA) is 46.1 Å². The minimum Gasteiger partial charge on any atom is -0.356 e. The highest BCUT2D eigenvalue weighted by molar-refractivity contribution is 5.79. The highest BCUT2D eigenvalue weighted by Gasteiger charge is 2.14. The van der Waals surface area contributed by atoms with Gasteiger partial charge in [-0.3, -0.25) is 14.8 Å². The molecule has 2 N–H and O–H groups in total. The molecule has 1 aliphatic heterocycles. The van der Waals surface area contributed by atoms with E-state index in [2.05, 4.69) is 89.3 Å². The molecular formula is C24H44N6. The van der Waals surface area contributed by atoms with Gasteiger partial charge >= 0.3 is 0 Å². The van der Waals surface area contributed by atoms with Crippen LogP contribution in [-0.2, 0) is 13.1 Å². The maximum Gasteiger partial charge on any atom is 0.191 e. The Hall–Kier alpha value is -1.63. The van der Waals surface area contributed by atoms with Crippen LogP contribution in [-0.4, -0.2) is 86.1 Å². The average molecular weight is 417 g/mol. The van der Waals surface area contributed by atoms with E-state index in [1.54, 1.807) is 0 Å². The minimum absolute atomic E-state index is 0.585. The van der Waals surface area contributed by atoms with Gasteiger partial charge in [0.2, 0.25) is 0 Å². The molecule has 170 valence electrons. The molecule has 6 heteroatoms. The summed E-state index contributed by atoms with van der Waals surface area (Å²) in [7, 11) is 4.04. The molecule has 0 unspecified atom stereocenters. The highest BCUT2D eigenvalue weighted by atomic mass is 15.2. The predicted octanol–water partition coefficient (Wildman–Crippen LogP) is 2.61. The zero-order valence-electron chi connectivity index (χ0n) is 20.1. The van der Waals surface area contributed by atoms with Gasteiger partial charge in [-0.25, -0.2) is 0 Å². The summed E-state index contributed by atoms with van der Waals surface area (Å²) in [4.78, 5) is 11.8. The molecular weight excluding hydrogens is 372 g/mol. The lowest BCUT2D eigenvalue weighted by atomic mass is 10.1. The Morgan fingerprint density at radius 3 is 2.13 bits per heavy atom. The van der Waals surface area contributed by atoms with Gasteiger partial charge in [0.25, 0.3) is 0 Å². The smallest absolute Gasteiger partial charge is 0.191 e.